The van der Waals surface area contributed by atoms with Gasteiger partial charge in [-0.05, 0) is 19.9 Å². The second-order valence-electron chi connectivity index (χ2n) is 6.57. The molecule has 0 aromatic carbocycles. The van der Waals surface area contributed by atoms with E-state index in [0.717, 1.165) is 22.0 Å². The summed E-state index contributed by atoms with van der Waals surface area (Å²) in [7, 11) is 1.90. The molecule has 0 aliphatic rings. The molecule has 8 nitrogen and oxygen atoms in total. The first-order valence-corrected chi connectivity index (χ1v) is 10.1. The van der Waals surface area contributed by atoms with E-state index in [1.54, 1.807) is 11.6 Å². The summed E-state index contributed by atoms with van der Waals surface area (Å²) >= 11 is 2.81. The lowest BCUT2D eigenvalue weighted by Crippen LogP contribution is -2.22. The summed E-state index contributed by atoms with van der Waals surface area (Å²) in [6.45, 7) is 4.29. The quantitative estimate of drug-likeness (QED) is 0.532. The average molecular weight is 402 g/mol. The Kier molecular flexibility index (Phi) is 4.62. The van der Waals surface area contributed by atoms with E-state index in [4.69, 9.17) is 0 Å². The highest BCUT2D eigenvalue weighted by Gasteiger charge is 2.33. The van der Waals surface area contributed by atoms with Crippen molar-refractivity contribution in [3.05, 3.63) is 62.0 Å². The van der Waals surface area contributed by atoms with Gasteiger partial charge in [0.05, 0.1) is 18.4 Å². The smallest absolute Gasteiger partial charge is 0.166 e. The van der Waals surface area contributed by atoms with Crippen LogP contribution >= 0.6 is 22.7 Å². The Labute approximate surface area is 164 Å². The van der Waals surface area contributed by atoms with Crippen LogP contribution in [-0.4, -0.2) is 39.8 Å². The molecule has 0 amide bonds. The van der Waals surface area contributed by atoms with Crippen LogP contribution in [0.1, 0.15) is 38.9 Å². The van der Waals surface area contributed by atoms with Gasteiger partial charge in [-0.1, -0.05) is 11.3 Å². The summed E-state index contributed by atoms with van der Waals surface area (Å²) < 4.78 is 3.65. The summed E-state index contributed by atoms with van der Waals surface area (Å²) in [5, 5.41) is 31.9. The number of aryl methyl sites for hydroxylation is 2. The van der Waals surface area contributed by atoms with Gasteiger partial charge in [0.1, 0.15) is 10.0 Å². The Hall–Kier alpha value is -2.43. The van der Waals surface area contributed by atoms with Crippen molar-refractivity contribution in [2.75, 3.05) is 0 Å². The Balaban J connectivity index is 1.46. The van der Waals surface area contributed by atoms with E-state index in [0.29, 0.717) is 23.0 Å². The van der Waals surface area contributed by atoms with Crippen molar-refractivity contribution in [1.29, 1.82) is 0 Å². The van der Waals surface area contributed by atoms with Gasteiger partial charge in [0.15, 0.2) is 10.6 Å². The van der Waals surface area contributed by atoms with Crippen molar-refractivity contribution in [1.82, 2.24) is 34.7 Å². The normalized spacial score (nSPS) is 13.8. The van der Waals surface area contributed by atoms with Crippen molar-refractivity contribution in [3.8, 4) is 0 Å². The second kappa shape index (κ2) is 6.95. The lowest BCUT2D eigenvalue weighted by atomic mass is 10.1. The minimum Gasteiger partial charge on any atom is -0.376 e. The topological polar surface area (TPSA) is 94.5 Å². The van der Waals surface area contributed by atoms with Gasteiger partial charge >= 0.3 is 0 Å². The summed E-state index contributed by atoms with van der Waals surface area (Å²) in [6.07, 6.45) is 6.32. The third-order valence-electron chi connectivity index (χ3n) is 4.05. The molecule has 0 bridgehead atoms. The van der Waals surface area contributed by atoms with Crippen LogP contribution in [0.5, 0.6) is 0 Å². The highest BCUT2D eigenvalue weighted by molar-refractivity contribution is 7.12. The Bertz CT molecular complexity index is 1060. The van der Waals surface area contributed by atoms with E-state index in [1.807, 2.05) is 48.7 Å². The number of hydrogen-bond acceptors (Lipinski definition) is 8. The molecule has 4 aromatic rings. The van der Waals surface area contributed by atoms with Gasteiger partial charge < -0.3 is 5.11 Å². The van der Waals surface area contributed by atoms with Gasteiger partial charge in [-0.2, -0.15) is 10.2 Å². The van der Waals surface area contributed by atoms with Gasteiger partial charge in [-0.25, -0.2) is 4.98 Å². The van der Waals surface area contributed by atoms with Crippen LogP contribution in [0.15, 0.2) is 30.0 Å². The molecule has 4 heterocycles. The van der Waals surface area contributed by atoms with Gasteiger partial charge in [-0.15, -0.1) is 21.5 Å². The van der Waals surface area contributed by atoms with Crippen LogP contribution in [0.4, 0.5) is 0 Å². The van der Waals surface area contributed by atoms with Crippen LogP contribution in [0.2, 0.25) is 0 Å². The zero-order valence-corrected chi connectivity index (χ0v) is 16.8. The van der Waals surface area contributed by atoms with Crippen molar-refractivity contribution in [2.24, 2.45) is 7.05 Å². The van der Waals surface area contributed by atoms with E-state index >= 15 is 0 Å². The predicted molar refractivity (Wildman–Crippen MR) is 103 cm³/mol. The molecule has 1 unspecified atom stereocenters. The van der Waals surface area contributed by atoms with Gasteiger partial charge in [-0.3, -0.25) is 9.36 Å². The van der Waals surface area contributed by atoms with Crippen molar-refractivity contribution in [2.45, 2.75) is 32.4 Å². The molecule has 4 rings (SSSR count). The van der Waals surface area contributed by atoms with E-state index in [2.05, 4.69) is 25.4 Å². The van der Waals surface area contributed by atoms with Gasteiger partial charge in [0.25, 0.3) is 0 Å². The summed E-state index contributed by atoms with van der Waals surface area (Å²) in [5.41, 5.74) is 1.67. The third kappa shape index (κ3) is 3.82. The van der Waals surface area contributed by atoms with Crippen LogP contribution in [0.25, 0.3) is 0 Å². The fourth-order valence-electron chi connectivity index (χ4n) is 2.67. The molecule has 0 aliphatic carbocycles. The van der Waals surface area contributed by atoms with Crippen molar-refractivity contribution < 1.29 is 5.11 Å². The largest absolute Gasteiger partial charge is 0.376 e. The van der Waals surface area contributed by atoms with Gasteiger partial charge in [0.2, 0.25) is 0 Å². The maximum Gasteiger partial charge on any atom is 0.166 e. The zero-order chi connectivity index (χ0) is 19.0. The zero-order valence-electron chi connectivity index (χ0n) is 15.2. The highest BCUT2D eigenvalue weighted by atomic mass is 32.1. The maximum atomic E-state index is 10.8. The molecule has 0 aliphatic heterocycles. The Morgan fingerprint density at radius 2 is 2.11 bits per heavy atom. The Morgan fingerprint density at radius 3 is 2.81 bits per heavy atom. The van der Waals surface area contributed by atoms with Crippen molar-refractivity contribution in [3.63, 3.8) is 0 Å². The van der Waals surface area contributed by atoms with Crippen LogP contribution in [-0.2, 0) is 25.6 Å². The van der Waals surface area contributed by atoms with Gasteiger partial charge in [0, 0.05) is 42.5 Å². The average Bonchev–Trinajstić information content (AvgIpc) is 3.38. The first-order chi connectivity index (χ1) is 12.9. The minimum atomic E-state index is -1.23. The summed E-state index contributed by atoms with van der Waals surface area (Å²) in [5.74, 6) is 0. The molecular weight excluding hydrogens is 382 g/mol. The van der Waals surface area contributed by atoms with E-state index < -0.39 is 5.60 Å². The summed E-state index contributed by atoms with van der Waals surface area (Å²) in [4.78, 5) is 4.38. The molecule has 27 heavy (non-hydrogen) atoms. The lowest BCUT2D eigenvalue weighted by molar-refractivity contribution is 0.101. The van der Waals surface area contributed by atoms with E-state index in [9.17, 15) is 5.11 Å². The lowest BCUT2D eigenvalue weighted by Gasteiger charge is -2.16. The van der Waals surface area contributed by atoms with Crippen LogP contribution < -0.4 is 0 Å². The number of nitrogens with zero attached hydrogens (tertiary/aromatic N) is 7. The van der Waals surface area contributed by atoms with E-state index in [-0.39, 0.29) is 0 Å². The third-order valence-corrected chi connectivity index (χ3v) is 6.35. The molecule has 0 fully saturated rings. The minimum absolute atomic E-state index is 0.543. The number of aromatic nitrogens is 7. The van der Waals surface area contributed by atoms with Crippen molar-refractivity contribution >= 4 is 22.7 Å². The predicted octanol–water partition coefficient (Wildman–Crippen LogP) is 2.13. The number of hydrogen-bond donors (Lipinski definition) is 1. The molecule has 10 heteroatoms. The number of thiazole rings is 1. The van der Waals surface area contributed by atoms with E-state index in [1.165, 1.54) is 22.7 Å². The molecule has 0 saturated heterocycles. The molecule has 0 radical (unpaired) electrons. The van der Waals surface area contributed by atoms with Crippen LogP contribution in [0, 0.1) is 6.92 Å². The molecule has 140 valence electrons. The fourth-order valence-corrected chi connectivity index (χ4v) is 4.50. The Morgan fingerprint density at radius 1 is 1.26 bits per heavy atom. The highest BCUT2D eigenvalue weighted by Crippen LogP contribution is 2.33. The van der Waals surface area contributed by atoms with Crippen LogP contribution in [0.3, 0.4) is 0 Å². The fraction of sp³-hybridized carbons (Fsp3) is 0.353. The molecule has 1 atom stereocenters. The molecule has 1 N–H and O–H groups in total. The molecule has 0 saturated carbocycles. The number of aliphatic hydroxyl groups is 1. The first kappa shape index (κ1) is 18.0. The summed E-state index contributed by atoms with van der Waals surface area (Å²) in [6, 6.07) is 1.97. The second-order valence-corrected chi connectivity index (χ2v) is 8.49. The molecule has 0 spiro atoms. The molecular formula is C17H19N7OS2. The maximum absolute atomic E-state index is 10.8. The SMILES string of the molecule is Cc1csc(C(C)(O)c2nnc(Cc3ccn(Cc4cnn(C)c4)n3)s2)n1. The standard InChI is InChI=1S/C17H19N7OS2/c1-11-10-26-15(19-11)17(2,25)16-21-20-14(27-16)6-13-4-5-24(22-13)9-12-7-18-23(3)8-12/h4-5,7-8,10,25H,6,9H2,1-3H3. The monoisotopic (exact) mass is 401 g/mol. The number of rotatable bonds is 6. The molecule has 4 aromatic heterocycles. The first-order valence-electron chi connectivity index (χ1n) is 8.38.